The summed E-state index contributed by atoms with van der Waals surface area (Å²) in [6.07, 6.45) is 8.86. The molecule has 1 aromatic rings. The number of rotatable bonds is 3. The Kier molecular flexibility index (Phi) is 4.92. The molecule has 29 heavy (non-hydrogen) atoms. The second kappa shape index (κ2) is 7.58. The highest BCUT2D eigenvalue weighted by molar-refractivity contribution is 5.81. The van der Waals surface area contributed by atoms with Gasteiger partial charge in [0.05, 0.1) is 17.8 Å². The van der Waals surface area contributed by atoms with E-state index in [1.54, 1.807) is 0 Å². The second-order valence-corrected chi connectivity index (χ2v) is 9.27. The zero-order valence-electron chi connectivity index (χ0n) is 17.0. The van der Waals surface area contributed by atoms with E-state index in [1.165, 1.54) is 0 Å². The van der Waals surface area contributed by atoms with Gasteiger partial charge in [-0.1, -0.05) is 12.8 Å². The highest BCUT2D eigenvalue weighted by Gasteiger charge is 2.36. The summed E-state index contributed by atoms with van der Waals surface area (Å²) in [5.41, 5.74) is 1.36. The summed E-state index contributed by atoms with van der Waals surface area (Å²) in [4.78, 5) is 49.6. The SMILES string of the molecule is O=C(C1CC1)N1CCc2nc([C@@H]3CCCN(C(=O)C4CCCC4)C3)[nH]c(=O)c2C1. The van der Waals surface area contributed by atoms with Gasteiger partial charge < -0.3 is 14.8 Å². The molecule has 2 amide bonds. The summed E-state index contributed by atoms with van der Waals surface area (Å²) in [5.74, 6) is 1.67. The smallest absolute Gasteiger partial charge is 0.256 e. The van der Waals surface area contributed by atoms with Gasteiger partial charge in [-0.15, -0.1) is 0 Å². The van der Waals surface area contributed by atoms with Gasteiger partial charge in [0, 0.05) is 43.8 Å². The molecule has 7 nitrogen and oxygen atoms in total. The third-order valence-corrected chi connectivity index (χ3v) is 7.15. The number of hydrogen-bond donors (Lipinski definition) is 1. The summed E-state index contributed by atoms with van der Waals surface area (Å²) < 4.78 is 0. The normalized spacial score (nSPS) is 25.2. The summed E-state index contributed by atoms with van der Waals surface area (Å²) in [7, 11) is 0. The van der Waals surface area contributed by atoms with Gasteiger partial charge in [0.25, 0.3) is 5.56 Å². The van der Waals surface area contributed by atoms with Gasteiger partial charge in [-0.05, 0) is 38.5 Å². The first-order chi connectivity index (χ1) is 14.1. The predicted octanol–water partition coefficient (Wildman–Crippen LogP) is 1.96. The molecule has 1 atom stereocenters. The number of fused-ring (bicyclic) bond motifs is 1. The molecule has 1 saturated heterocycles. The van der Waals surface area contributed by atoms with Gasteiger partial charge in [-0.3, -0.25) is 14.4 Å². The van der Waals surface area contributed by atoms with Crippen LogP contribution in [-0.4, -0.2) is 51.2 Å². The fraction of sp³-hybridized carbons (Fsp3) is 0.727. The number of H-pyrrole nitrogens is 1. The van der Waals surface area contributed by atoms with Crippen molar-refractivity contribution in [1.29, 1.82) is 0 Å². The number of carbonyl (C=O) groups is 2. The van der Waals surface area contributed by atoms with Crippen molar-refractivity contribution >= 4 is 11.8 Å². The van der Waals surface area contributed by atoms with Gasteiger partial charge in [-0.25, -0.2) is 4.98 Å². The van der Waals surface area contributed by atoms with Gasteiger partial charge in [0.1, 0.15) is 5.82 Å². The van der Waals surface area contributed by atoms with E-state index in [4.69, 9.17) is 4.98 Å². The lowest BCUT2D eigenvalue weighted by Crippen LogP contribution is -2.43. The number of aromatic amines is 1. The van der Waals surface area contributed by atoms with Crippen molar-refractivity contribution in [3.63, 3.8) is 0 Å². The molecule has 3 fully saturated rings. The number of piperidine rings is 1. The van der Waals surface area contributed by atoms with Crippen molar-refractivity contribution in [3.05, 3.63) is 27.4 Å². The first-order valence-electron chi connectivity index (χ1n) is 11.3. The molecule has 2 saturated carbocycles. The highest BCUT2D eigenvalue weighted by Crippen LogP contribution is 2.33. The second-order valence-electron chi connectivity index (χ2n) is 9.27. The maximum atomic E-state index is 12.8. The quantitative estimate of drug-likeness (QED) is 0.843. The molecule has 7 heteroatoms. The first-order valence-corrected chi connectivity index (χ1v) is 11.3. The molecule has 0 spiro atoms. The molecule has 5 rings (SSSR count). The number of hydrogen-bond acceptors (Lipinski definition) is 4. The molecular weight excluding hydrogens is 368 g/mol. The minimum absolute atomic E-state index is 0.0956. The maximum absolute atomic E-state index is 12.8. The van der Waals surface area contributed by atoms with Gasteiger partial charge in [0.15, 0.2) is 0 Å². The Morgan fingerprint density at radius 1 is 0.897 bits per heavy atom. The van der Waals surface area contributed by atoms with E-state index in [0.29, 0.717) is 37.5 Å². The Hall–Kier alpha value is -2.18. The lowest BCUT2D eigenvalue weighted by molar-refractivity contribution is -0.136. The van der Waals surface area contributed by atoms with Crippen LogP contribution in [-0.2, 0) is 22.6 Å². The zero-order valence-corrected chi connectivity index (χ0v) is 17.0. The zero-order chi connectivity index (χ0) is 20.0. The van der Waals surface area contributed by atoms with Crippen LogP contribution in [0.1, 0.15) is 74.4 Å². The van der Waals surface area contributed by atoms with Gasteiger partial charge in [0.2, 0.25) is 11.8 Å². The standard InChI is InChI=1S/C22H30N4O3/c27-20-17-13-26(22(29)15-7-8-15)11-9-18(17)23-19(24-20)16-6-3-10-25(12-16)21(28)14-4-1-2-5-14/h14-16H,1-13H2,(H,23,24,27)/t16-/m1/s1. The monoisotopic (exact) mass is 398 g/mol. The average Bonchev–Trinajstić information content (AvgIpc) is 3.46. The largest absolute Gasteiger partial charge is 0.342 e. The van der Waals surface area contributed by atoms with Crippen LogP contribution in [0.25, 0.3) is 0 Å². The summed E-state index contributed by atoms with van der Waals surface area (Å²) in [6.45, 7) is 2.50. The van der Waals surface area contributed by atoms with Gasteiger partial charge in [-0.2, -0.15) is 0 Å². The van der Waals surface area contributed by atoms with E-state index >= 15 is 0 Å². The van der Waals surface area contributed by atoms with Crippen LogP contribution in [0.3, 0.4) is 0 Å². The molecule has 0 bridgehead atoms. The van der Waals surface area contributed by atoms with Crippen molar-refractivity contribution in [2.45, 2.75) is 70.3 Å². The van der Waals surface area contributed by atoms with Crippen LogP contribution >= 0.6 is 0 Å². The lowest BCUT2D eigenvalue weighted by atomic mass is 9.94. The van der Waals surface area contributed by atoms with E-state index in [9.17, 15) is 14.4 Å². The van der Waals surface area contributed by atoms with Crippen molar-refractivity contribution < 1.29 is 9.59 Å². The van der Waals surface area contributed by atoms with Crippen molar-refractivity contribution in [1.82, 2.24) is 19.8 Å². The summed E-state index contributed by atoms with van der Waals surface area (Å²) in [5, 5.41) is 0. The van der Waals surface area contributed by atoms with E-state index in [-0.39, 0.29) is 29.2 Å². The number of amides is 2. The summed E-state index contributed by atoms with van der Waals surface area (Å²) >= 11 is 0. The predicted molar refractivity (Wildman–Crippen MR) is 107 cm³/mol. The molecule has 3 heterocycles. The van der Waals surface area contributed by atoms with Crippen LogP contribution in [0.15, 0.2) is 4.79 Å². The molecule has 0 aromatic carbocycles. The van der Waals surface area contributed by atoms with Crippen LogP contribution in [0, 0.1) is 11.8 Å². The topological polar surface area (TPSA) is 86.4 Å². The number of nitrogens with zero attached hydrogens (tertiary/aromatic N) is 3. The molecule has 0 radical (unpaired) electrons. The Morgan fingerprint density at radius 3 is 2.38 bits per heavy atom. The lowest BCUT2D eigenvalue weighted by Gasteiger charge is -2.34. The number of aromatic nitrogens is 2. The van der Waals surface area contributed by atoms with Crippen LogP contribution in [0.5, 0.6) is 0 Å². The molecular formula is C22H30N4O3. The van der Waals surface area contributed by atoms with Crippen LogP contribution in [0.2, 0.25) is 0 Å². The maximum Gasteiger partial charge on any atom is 0.256 e. The van der Waals surface area contributed by atoms with Crippen LogP contribution < -0.4 is 5.56 Å². The number of carbonyl (C=O) groups excluding carboxylic acids is 2. The Morgan fingerprint density at radius 2 is 1.62 bits per heavy atom. The van der Waals surface area contributed by atoms with Gasteiger partial charge >= 0.3 is 0 Å². The van der Waals surface area contributed by atoms with Crippen molar-refractivity contribution in [2.24, 2.45) is 11.8 Å². The Bertz CT molecular complexity index is 869. The van der Waals surface area contributed by atoms with E-state index in [2.05, 4.69) is 4.98 Å². The fourth-order valence-electron chi connectivity index (χ4n) is 5.25. The van der Waals surface area contributed by atoms with Crippen molar-refractivity contribution in [2.75, 3.05) is 19.6 Å². The Labute approximate surface area is 170 Å². The molecule has 1 N–H and O–H groups in total. The van der Waals surface area contributed by atoms with E-state index < -0.39 is 0 Å². The molecule has 0 unspecified atom stereocenters. The first kappa shape index (κ1) is 18.8. The third kappa shape index (κ3) is 3.71. The molecule has 1 aromatic heterocycles. The summed E-state index contributed by atoms with van der Waals surface area (Å²) in [6, 6.07) is 0. The van der Waals surface area contributed by atoms with Crippen LogP contribution in [0.4, 0.5) is 0 Å². The Balaban J connectivity index is 1.31. The number of likely N-dealkylation sites (tertiary alicyclic amines) is 1. The van der Waals surface area contributed by atoms with Crippen molar-refractivity contribution in [3.8, 4) is 0 Å². The third-order valence-electron chi connectivity index (χ3n) is 7.15. The fourth-order valence-corrected chi connectivity index (χ4v) is 5.25. The van der Waals surface area contributed by atoms with E-state index in [1.807, 2.05) is 9.80 Å². The molecule has 2 aliphatic carbocycles. The number of nitrogens with one attached hydrogen (secondary N) is 1. The highest BCUT2D eigenvalue weighted by atomic mass is 16.2. The molecule has 4 aliphatic rings. The van der Waals surface area contributed by atoms with E-state index in [0.717, 1.165) is 69.4 Å². The average molecular weight is 399 g/mol. The minimum atomic E-state index is -0.113. The molecule has 156 valence electrons. The minimum Gasteiger partial charge on any atom is -0.342 e. The molecule has 2 aliphatic heterocycles.